The molecule has 1 N–H and O–H groups in total. The van der Waals surface area contributed by atoms with Gasteiger partial charge in [0.1, 0.15) is 5.52 Å². The van der Waals surface area contributed by atoms with E-state index in [9.17, 15) is 0 Å². The van der Waals surface area contributed by atoms with E-state index < -0.39 is 0 Å². The van der Waals surface area contributed by atoms with Crippen LogP contribution in [0.3, 0.4) is 0 Å². The van der Waals surface area contributed by atoms with Gasteiger partial charge in [-0.25, -0.2) is 9.97 Å². The summed E-state index contributed by atoms with van der Waals surface area (Å²) in [4.78, 5) is 11.3. The lowest BCUT2D eigenvalue weighted by Crippen LogP contribution is -2.40. The van der Waals surface area contributed by atoms with E-state index in [0.717, 1.165) is 23.4 Å². The van der Waals surface area contributed by atoms with E-state index in [-0.39, 0.29) is 0 Å². The largest absolute Gasteiger partial charge is 0.368 e. The van der Waals surface area contributed by atoms with E-state index in [1.807, 2.05) is 30.2 Å². The topological polar surface area (TPSA) is 46.0 Å². The minimum atomic E-state index is 0.352. The van der Waals surface area contributed by atoms with E-state index in [2.05, 4.69) is 34.2 Å². The molecule has 3 rings (SSSR count). The highest BCUT2D eigenvalue weighted by Gasteiger charge is 2.28. The van der Waals surface area contributed by atoms with Crippen molar-refractivity contribution in [2.24, 2.45) is 12.5 Å². The summed E-state index contributed by atoms with van der Waals surface area (Å²) in [6.07, 6.45) is 6.15. The van der Waals surface area contributed by atoms with Gasteiger partial charge in [0.2, 0.25) is 0 Å². The first kappa shape index (κ1) is 13.4. The molecule has 5 nitrogen and oxygen atoms in total. The molecule has 1 fully saturated rings. The van der Waals surface area contributed by atoms with Crippen molar-refractivity contribution in [2.45, 2.75) is 19.8 Å². The maximum absolute atomic E-state index is 4.45. The van der Waals surface area contributed by atoms with Crippen molar-refractivity contribution in [3.05, 3.63) is 18.6 Å². The fraction of sp³-hybridized carbons (Fsp3) is 0.600. The molecule has 0 aliphatic carbocycles. The van der Waals surface area contributed by atoms with E-state index in [4.69, 9.17) is 0 Å². The number of anilines is 1. The summed E-state index contributed by atoms with van der Waals surface area (Å²) in [5.74, 6) is 0.906. The number of piperidine rings is 1. The van der Waals surface area contributed by atoms with Crippen LogP contribution in [0, 0.1) is 5.41 Å². The Bertz CT molecular complexity index is 595. The monoisotopic (exact) mass is 273 g/mol. The first-order valence-electron chi connectivity index (χ1n) is 7.26. The SMILES string of the molecule is CN1CCC(C)(CNc2nccc3c2ncn3C)CC1. The fourth-order valence-corrected chi connectivity index (χ4v) is 2.82. The zero-order chi connectivity index (χ0) is 14.2. The zero-order valence-corrected chi connectivity index (χ0v) is 12.6. The Hall–Kier alpha value is -1.62. The Morgan fingerprint density at radius 1 is 1.25 bits per heavy atom. The number of rotatable bonds is 3. The Labute approximate surface area is 120 Å². The third kappa shape index (κ3) is 2.50. The summed E-state index contributed by atoms with van der Waals surface area (Å²) in [6.45, 7) is 5.69. The second kappa shape index (κ2) is 5.05. The van der Waals surface area contributed by atoms with Crippen LogP contribution in [-0.2, 0) is 7.05 Å². The highest BCUT2D eigenvalue weighted by atomic mass is 15.1. The lowest BCUT2D eigenvalue weighted by atomic mass is 9.80. The number of aryl methyl sites for hydroxylation is 1. The number of fused-ring (bicyclic) bond motifs is 1. The van der Waals surface area contributed by atoms with Crippen LogP contribution in [0.1, 0.15) is 19.8 Å². The van der Waals surface area contributed by atoms with Crippen molar-refractivity contribution >= 4 is 16.9 Å². The van der Waals surface area contributed by atoms with Gasteiger partial charge in [-0.3, -0.25) is 0 Å². The van der Waals surface area contributed by atoms with Crippen LogP contribution in [0.15, 0.2) is 18.6 Å². The highest BCUT2D eigenvalue weighted by Crippen LogP contribution is 2.31. The molecule has 2 aromatic heterocycles. The number of aromatic nitrogens is 3. The second-order valence-electron chi connectivity index (χ2n) is 6.35. The first-order chi connectivity index (χ1) is 9.57. The molecule has 1 aliphatic rings. The van der Waals surface area contributed by atoms with E-state index in [1.54, 1.807) is 0 Å². The van der Waals surface area contributed by atoms with E-state index in [1.165, 1.54) is 25.9 Å². The predicted octanol–water partition coefficient (Wildman–Crippen LogP) is 2.11. The molecular formula is C15H23N5. The normalized spacial score (nSPS) is 19.4. The van der Waals surface area contributed by atoms with Crippen LogP contribution < -0.4 is 5.32 Å². The summed E-state index contributed by atoms with van der Waals surface area (Å²) < 4.78 is 2.03. The Morgan fingerprint density at radius 3 is 2.75 bits per heavy atom. The van der Waals surface area contributed by atoms with Gasteiger partial charge < -0.3 is 14.8 Å². The van der Waals surface area contributed by atoms with Gasteiger partial charge in [-0.1, -0.05) is 6.92 Å². The predicted molar refractivity (Wildman–Crippen MR) is 81.8 cm³/mol. The second-order valence-corrected chi connectivity index (χ2v) is 6.35. The maximum Gasteiger partial charge on any atom is 0.154 e. The quantitative estimate of drug-likeness (QED) is 0.930. The molecule has 1 aliphatic heterocycles. The molecule has 0 atom stereocenters. The zero-order valence-electron chi connectivity index (χ0n) is 12.6. The smallest absolute Gasteiger partial charge is 0.154 e. The third-order valence-electron chi connectivity index (χ3n) is 4.52. The number of hydrogen-bond acceptors (Lipinski definition) is 4. The van der Waals surface area contributed by atoms with Gasteiger partial charge in [-0.15, -0.1) is 0 Å². The standard InChI is InChI=1S/C15H23N5/c1-15(5-8-19(2)9-6-15)10-17-14-13-12(4-7-16-14)20(3)11-18-13/h4,7,11H,5-6,8-10H2,1-3H3,(H,16,17). The van der Waals surface area contributed by atoms with Gasteiger partial charge in [0.25, 0.3) is 0 Å². The Balaban J connectivity index is 1.74. The molecule has 1 saturated heterocycles. The van der Waals surface area contributed by atoms with Gasteiger partial charge in [0.05, 0.1) is 11.8 Å². The van der Waals surface area contributed by atoms with Crippen molar-refractivity contribution in [1.29, 1.82) is 0 Å². The van der Waals surface area contributed by atoms with Crippen LogP contribution in [0.5, 0.6) is 0 Å². The minimum absolute atomic E-state index is 0.352. The molecule has 0 aromatic carbocycles. The number of likely N-dealkylation sites (tertiary alicyclic amines) is 1. The molecule has 0 amide bonds. The number of hydrogen-bond donors (Lipinski definition) is 1. The Kier molecular flexibility index (Phi) is 3.38. The van der Waals surface area contributed by atoms with Crippen LogP contribution >= 0.6 is 0 Å². The average molecular weight is 273 g/mol. The van der Waals surface area contributed by atoms with Crippen LogP contribution in [0.4, 0.5) is 5.82 Å². The molecular weight excluding hydrogens is 250 g/mol. The summed E-state index contributed by atoms with van der Waals surface area (Å²) in [5.41, 5.74) is 2.44. The molecule has 0 saturated carbocycles. The number of nitrogens with zero attached hydrogens (tertiary/aromatic N) is 4. The molecule has 20 heavy (non-hydrogen) atoms. The van der Waals surface area contributed by atoms with E-state index in [0.29, 0.717) is 5.41 Å². The van der Waals surface area contributed by atoms with Crippen LogP contribution in [0.2, 0.25) is 0 Å². The Morgan fingerprint density at radius 2 is 2.00 bits per heavy atom. The van der Waals surface area contributed by atoms with Gasteiger partial charge in [0.15, 0.2) is 5.82 Å². The number of pyridine rings is 1. The van der Waals surface area contributed by atoms with Crippen molar-refractivity contribution < 1.29 is 0 Å². The molecule has 0 unspecified atom stereocenters. The first-order valence-corrected chi connectivity index (χ1v) is 7.26. The van der Waals surface area contributed by atoms with Crippen molar-refractivity contribution in [3.8, 4) is 0 Å². The van der Waals surface area contributed by atoms with Crippen molar-refractivity contribution in [2.75, 3.05) is 32.0 Å². The number of nitrogens with one attached hydrogen (secondary N) is 1. The van der Waals surface area contributed by atoms with Gasteiger partial charge >= 0.3 is 0 Å². The van der Waals surface area contributed by atoms with E-state index >= 15 is 0 Å². The fourth-order valence-electron chi connectivity index (χ4n) is 2.82. The average Bonchev–Trinajstić information content (AvgIpc) is 2.83. The lowest BCUT2D eigenvalue weighted by molar-refractivity contribution is 0.150. The van der Waals surface area contributed by atoms with Crippen molar-refractivity contribution in [3.63, 3.8) is 0 Å². The summed E-state index contributed by atoms with van der Waals surface area (Å²) in [5, 5.41) is 3.52. The third-order valence-corrected chi connectivity index (χ3v) is 4.52. The summed E-state index contributed by atoms with van der Waals surface area (Å²) >= 11 is 0. The molecule has 5 heteroatoms. The van der Waals surface area contributed by atoms with Crippen LogP contribution in [0.25, 0.3) is 11.0 Å². The maximum atomic E-state index is 4.45. The molecule has 0 bridgehead atoms. The van der Waals surface area contributed by atoms with Gasteiger partial charge in [-0.05, 0) is 44.5 Å². The van der Waals surface area contributed by atoms with Crippen molar-refractivity contribution in [1.82, 2.24) is 19.4 Å². The lowest BCUT2D eigenvalue weighted by Gasteiger charge is -2.38. The molecule has 0 spiro atoms. The summed E-state index contributed by atoms with van der Waals surface area (Å²) in [7, 11) is 4.21. The molecule has 0 radical (unpaired) electrons. The molecule has 108 valence electrons. The highest BCUT2D eigenvalue weighted by molar-refractivity contribution is 5.85. The minimum Gasteiger partial charge on any atom is -0.368 e. The molecule has 3 heterocycles. The summed E-state index contributed by atoms with van der Waals surface area (Å²) in [6, 6.07) is 2.00. The number of imidazole rings is 1. The van der Waals surface area contributed by atoms with Crippen LogP contribution in [-0.4, -0.2) is 46.1 Å². The van der Waals surface area contributed by atoms with Gasteiger partial charge in [-0.2, -0.15) is 0 Å². The van der Waals surface area contributed by atoms with Gasteiger partial charge in [0, 0.05) is 19.8 Å². The molecule has 2 aromatic rings.